The van der Waals surface area contributed by atoms with E-state index in [4.69, 9.17) is 5.73 Å². The molecule has 0 bridgehead atoms. The molecule has 0 aliphatic heterocycles. The fraction of sp³-hybridized carbons (Fsp3) is 0.400. The van der Waals surface area contributed by atoms with Gasteiger partial charge in [-0.15, -0.1) is 24.0 Å². The summed E-state index contributed by atoms with van der Waals surface area (Å²) >= 11 is 0. The Bertz CT molecular complexity index is 548. The van der Waals surface area contributed by atoms with Crippen molar-refractivity contribution >= 4 is 40.8 Å². The molecule has 0 atom stereocenters. The molecule has 0 amide bonds. The number of rotatable bonds is 3. The van der Waals surface area contributed by atoms with Crippen LogP contribution in [0.3, 0.4) is 0 Å². The Morgan fingerprint density at radius 1 is 1.30 bits per heavy atom. The second kappa shape index (κ2) is 6.97. The van der Waals surface area contributed by atoms with Crippen LogP contribution in [-0.4, -0.2) is 23.0 Å². The maximum atomic E-state index is 5.83. The number of nitrogens with zero attached hydrogens (tertiary/aromatic N) is 1. The van der Waals surface area contributed by atoms with Gasteiger partial charge in [0.15, 0.2) is 5.96 Å². The zero-order valence-electron chi connectivity index (χ0n) is 12.2. The number of nitrogens with one attached hydrogen (secondary N) is 2. The number of aliphatic imine (C=N–C) groups is 1. The molecule has 0 unspecified atom stereocenters. The zero-order chi connectivity index (χ0) is 13.9. The number of H-pyrrole nitrogens is 1. The summed E-state index contributed by atoms with van der Waals surface area (Å²) in [6.07, 6.45) is 0.862. The molecular formula is C15H23IN4. The number of benzene rings is 1. The predicted molar refractivity (Wildman–Crippen MR) is 96.8 cm³/mol. The van der Waals surface area contributed by atoms with Gasteiger partial charge in [0.05, 0.1) is 0 Å². The molecule has 20 heavy (non-hydrogen) atoms. The maximum absolute atomic E-state index is 5.83. The number of para-hydroxylation sites is 1. The Labute approximate surface area is 137 Å². The van der Waals surface area contributed by atoms with Gasteiger partial charge in [0, 0.05) is 29.7 Å². The largest absolute Gasteiger partial charge is 0.370 e. The van der Waals surface area contributed by atoms with Gasteiger partial charge in [0.25, 0.3) is 0 Å². The molecule has 0 aliphatic carbocycles. The monoisotopic (exact) mass is 386 g/mol. The van der Waals surface area contributed by atoms with Crippen molar-refractivity contribution in [1.82, 2.24) is 10.3 Å². The van der Waals surface area contributed by atoms with Crippen LogP contribution in [0.25, 0.3) is 10.9 Å². The van der Waals surface area contributed by atoms with Crippen molar-refractivity contribution < 1.29 is 0 Å². The number of fused-ring (bicyclic) bond motifs is 1. The summed E-state index contributed by atoms with van der Waals surface area (Å²) in [5.41, 5.74) is 8.14. The van der Waals surface area contributed by atoms with Crippen molar-refractivity contribution in [1.29, 1.82) is 0 Å². The van der Waals surface area contributed by atoms with Crippen LogP contribution in [0.15, 0.2) is 35.3 Å². The van der Waals surface area contributed by atoms with Crippen LogP contribution in [0.2, 0.25) is 0 Å². The van der Waals surface area contributed by atoms with E-state index >= 15 is 0 Å². The molecule has 2 rings (SSSR count). The number of aromatic nitrogens is 1. The quantitative estimate of drug-likeness (QED) is 0.431. The highest BCUT2D eigenvalue weighted by atomic mass is 127. The number of nitrogens with two attached hydrogens (primary N) is 1. The molecule has 0 aliphatic rings. The van der Waals surface area contributed by atoms with Gasteiger partial charge in [-0.05, 0) is 38.3 Å². The lowest BCUT2D eigenvalue weighted by Crippen LogP contribution is -2.45. The number of hydrogen-bond donors (Lipinski definition) is 3. The third-order valence-electron chi connectivity index (χ3n) is 2.75. The molecule has 1 aromatic carbocycles. The van der Waals surface area contributed by atoms with Gasteiger partial charge in [0.2, 0.25) is 0 Å². The molecule has 110 valence electrons. The Morgan fingerprint density at radius 2 is 2.00 bits per heavy atom. The van der Waals surface area contributed by atoms with Crippen LogP contribution in [-0.2, 0) is 6.42 Å². The van der Waals surface area contributed by atoms with Crippen LogP contribution < -0.4 is 11.1 Å². The van der Waals surface area contributed by atoms with E-state index in [2.05, 4.69) is 54.3 Å². The van der Waals surface area contributed by atoms with E-state index in [0.717, 1.165) is 6.42 Å². The SMILES string of the molecule is CC(C)(C)NC(N)=NCCc1cc2ccccc2[nH]1.I. The van der Waals surface area contributed by atoms with Crippen LogP contribution in [0.1, 0.15) is 26.5 Å². The smallest absolute Gasteiger partial charge is 0.188 e. The molecule has 0 saturated heterocycles. The molecule has 4 nitrogen and oxygen atoms in total. The van der Waals surface area contributed by atoms with E-state index < -0.39 is 0 Å². The lowest BCUT2D eigenvalue weighted by molar-refractivity contribution is 0.508. The van der Waals surface area contributed by atoms with E-state index in [1.54, 1.807) is 0 Å². The highest BCUT2D eigenvalue weighted by Crippen LogP contribution is 2.14. The second-order valence-corrected chi connectivity index (χ2v) is 5.77. The van der Waals surface area contributed by atoms with E-state index in [-0.39, 0.29) is 29.5 Å². The van der Waals surface area contributed by atoms with Crippen molar-refractivity contribution in [2.75, 3.05) is 6.54 Å². The van der Waals surface area contributed by atoms with E-state index in [1.165, 1.54) is 16.6 Å². The minimum absolute atomic E-state index is 0. The summed E-state index contributed by atoms with van der Waals surface area (Å²) in [6.45, 7) is 6.87. The fourth-order valence-corrected chi connectivity index (χ4v) is 1.99. The van der Waals surface area contributed by atoms with E-state index in [1.807, 2.05) is 12.1 Å². The predicted octanol–water partition coefficient (Wildman–Crippen LogP) is 3.03. The third kappa shape index (κ3) is 5.03. The van der Waals surface area contributed by atoms with Gasteiger partial charge in [-0.25, -0.2) is 0 Å². The Kier molecular flexibility index (Phi) is 5.86. The fourth-order valence-electron chi connectivity index (χ4n) is 1.99. The summed E-state index contributed by atoms with van der Waals surface area (Å²) < 4.78 is 0. The van der Waals surface area contributed by atoms with Crippen LogP contribution >= 0.6 is 24.0 Å². The zero-order valence-corrected chi connectivity index (χ0v) is 14.6. The molecule has 0 fully saturated rings. The van der Waals surface area contributed by atoms with E-state index in [0.29, 0.717) is 12.5 Å². The van der Waals surface area contributed by atoms with Gasteiger partial charge in [-0.3, -0.25) is 4.99 Å². The number of guanidine groups is 1. The first-order valence-electron chi connectivity index (χ1n) is 6.59. The summed E-state index contributed by atoms with van der Waals surface area (Å²) in [5.74, 6) is 0.503. The molecule has 0 spiro atoms. The molecule has 1 aromatic heterocycles. The number of halogens is 1. The maximum Gasteiger partial charge on any atom is 0.188 e. The number of aromatic amines is 1. The van der Waals surface area contributed by atoms with Gasteiger partial charge >= 0.3 is 0 Å². The highest BCUT2D eigenvalue weighted by molar-refractivity contribution is 14.0. The third-order valence-corrected chi connectivity index (χ3v) is 2.75. The summed E-state index contributed by atoms with van der Waals surface area (Å²) in [5, 5.41) is 4.39. The first kappa shape index (κ1) is 16.8. The minimum Gasteiger partial charge on any atom is -0.370 e. The van der Waals surface area contributed by atoms with Crippen LogP contribution in [0.4, 0.5) is 0 Å². The highest BCUT2D eigenvalue weighted by Gasteiger charge is 2.09. The molecule has 1 heterocycles. The Hall–Kier alpha value is -1.24. The normalized spacial score (nSPS) is 12.2. The van der Waals surface area contributed by atoms with Crippen molar-refractivity contribution in [2.45, 2.75) is 32.7 Å². The first-order valence-corrected chi connectivity index (χ1v) is 6.59. The minimum atomic E-state index is -0.0469. The summed E-state index contributed by atoms with van der Waals surface area (Å²) in [7, 11) is 0. The van der Waals surface area contributed by atoms with Crippen LogP contribution in [0.5, 0.6) is 0 Å². The van der Waals surface area contributed by atoms with Crippen LogP contribution in [0, 0.1) is 0 Å². The van der Waals surface area contributed by atoms with Gasteiger partial charge in [-0.1, -0.05) is 18.2 Å². The summed E-state index contributed by atoms with van der Waals surface area (Å²) in [4.78, 5) is 7.73. The molecule has 4 N–H and O–H groups in total. The lowest BCUT2D eigenvalue weighted by Gasteiger charge is -2.20. The average Bonchev–Trinajstić information content (AvgIpc) is 2.68. The standard InChI is InChI=1S/C15H22N4.HI/c1-15(2,3)19-14(16)17-9-8-12-10-11-6-4-5-7-13(11)18-12;/h4-7,10,18H,8-9H2,1-3H3,(H3,16,17,19);1H. The molecular weight excluding hydrogens is 363 g/mol. The summed E-state index contributed by atoms with van der Waals surface area (Å²) in [6, 6.07) is 10.4. The molecule has 2 aromatic rings. The molecule has 0 saturated carbocycles. The lowest BCUT2D eigenvalue weighted by atomic mass is 10.1. The van der Waals surface area contributed by atoms with Crippen molar-refractivity contribution in [2.24, 2.45) is 10.7 Å². The average molecular weight is 386 g/mol. The van der Waals surface area contributed by atoms with Crippen molar-refractivity contribution in [3.63, 3.8) is 0 Å². The van der Waals surface area contributed by atoms with Gasteiger partial charge in [-0.2, -0.15) is 0 Å². The molecule has 5 heteroatoms. The van der Waals surface area contributed by atoms with Crippen molar-refractivity contribution in [3.05, 3.63) is 36.0 Å². The van der Waals surface area contributed by atoms with Gasteiger partial charge in [0.1, 0.15) is 0 Å². The number of hydrogen-bond acceptors (Lipinski definition) is 1. The second-order valence-electron chi connectivity index (χ2n) is 5.77. The first-order chi connectivity index (χ1) is 8.94. The topological polar surface area (TPSA) is 66.2 Å². The van der Waals surface area contributed by atoms with Crippen molar-refractivity contribution in [3.8, 4) is 0 Å². The Morgan fingerprint density at radius 3 is 2.65 bits per heavy atom. The molecule has 0 radical (unpaired) electrons. The Balaban J connectivity index is 0.00000200. The van der Waals surface area contributed by atoms with Gasteiger partial charge < -0.3 is 16.0 Å². The van der Waals surface area contributed by atoms with E-state index in [9.17, 15) is 0 Å².